The predicted octanol–water partition coefficient (Wildman–Crippen LogP) is 10.9. The van der Waals surface area contributed by atoms with Crippen LogP contribution in [-0.4, -0.2) is 16.2 Å². The normalized spacial score (nSPS) is 15.4. The van der Waals surface area contributed by atoms with Gasteiger partial charge in [0.05, 0.1) is 17.6 Å². The highest BCUT2D eigenvalue weighted by Crippen LogP contribution is 2.39. The van der Waals surface area contributed by atoms with Crippen LogP contribution in [0.25, 0.3) is 65.9 Å². The van der Waals surface area contributed by atoms with E-state index in [4.69, 9.17) is 14.4 Å². The zero-order chi connectivity index (χ0) is 35.6. The first-order valence-electron chi connectivity index (χ1n) is 18.3. The number of para-hydroxylation sites is 1. The van der Waals surface area contributed by atoms with E-state index in [-0.39, 0.29) is 6.17 Å². The average Bonchev–Trinajstić information content (AvgIpc) is 3.78. The first-order valence-corrected chi connectivity index (χ1v) is 18.3. The average molecular weight is 696 g/mol. The van der Waals surface area contributed by atoms with Gasteiger partial charge in [-0.05, 0) is 57.8 Å². The molecular weight excluding hydrogens is 663 g/mol. The highest BCUT2D eigenvalue weighted by molar-refractivity contribution is 6.30. The van der Waals surface area contributed by atoms with E-state index in [1.807, 2.05) is 24.3 Å². The standard InChI is InChI=1S/C48H33N5O/c1-3-11-30(12-4-1)31-19-21-33(22-20-31)47-50-46(32-13-5-2-6-14-32)51-48(52-47)40-28-49-29-44-45(40)38-24-23-36(27-43(38)54-44)53-41-18-10-9-17-37(41)39-25-34-15-7-8-16-35(34)26-42(39)53/h1-28,47,49H,29H2,(H,50,51,52). The summed E-state index contributed by atoms with van der Waals surface area (Å²) in [4.78, 5) is 10.3. The number of nitrogens with zero attached hydrogens (tertiary/aromatic N) is 3. The van der Waals surface area contributed by atoms with Gasteiger partial charge in [0.1, 0.15) is 23.3 Å². The number of aliphatic imine (C=N–C) groups is 2. The van der Waals surface area contributed by atoms with E-state index in [1.165, 1.54) is 38.2 Å². The smallest absolute Gasteiger partial charge is 0.159 e. The lowest BCUT2D eigenvalue weighted by molar-refractivity contribution is 0.531. The lowest BCUT2D eigenvalue weighted by Gasteiger charge is -2.26. The maximum atomic E-state index is 6.69. The molecule has 0 radical (unpaired) electrons. The van der Waals surface area contributed by atoms with Crippen LogP contribution in [0.5, 0.6) is 0 Å². The molecule has 9 aromatic rings. The summed E-state index contributed by atoms with van der Waals surface area (Å²) in [7, 11) is 0. The van der Waals surface area contributed by atoms with Gasteiger partial charge in [-0.3, -0.25) is 0 Å². The highest BCUT2D eigenvalue weighted by atomic mass is 16.3. The van der Waals surface area contributed by atoms with E-state index in [2.05, 4.69) is 161 Å². The molecule has 256 valence electrons. The lowest BCUT2D eigenvalue weighted by Crippen LogP contribution is -2.35. The van der Waals surface area contributed by atoms with Crippen LogP contribution in [0.15, 0.2) is 184 Å². The number of hydrogen-bond acceptors (Lipinski definition) is 5. The summed E-state index contributed by atoms with van der Waals surface area (Å²) in [5.74, 6) is 2.31. The third-order valence-corrected chi connectivity index (χ3v) is 10.7. The summed E-state index contributed by atoms with van der Waals surface area (Å²) >= 11 is 0. The van der Waals surface area contributed by atoms with Crippen molar-refractivity contribution < 1.29 is 4.42 Å². The Morgan fingerprint density at radius 3 is 2.11 bits per heavy atom. The van der Waals surface area contributed by atoms with Gasteiger partial charge in [0.15, 0.2) is 5.84 Å². The molecule has 1 unspecified atom stereocenters. The highest BCUT2D eigenvalue weighted by Gasteiger charge is 2.29. The third-order valence-electron chi connectivity index (χ3n) is 10.7. The minimum atomic E-state index is -0.333. The van der Waals surface area contributed by atoms with Crippen LogP contribution in [0, 0.1) is 0 Å². The first kappa shape index (κ1) is 30.4. The number of aromatic nitrogens is 1. The lowest BCUT2D eigenvalue weighted by atomic mass is 9.98. The van der Waals surface area contributed by atoms with Crippen LogP contribution >= 0.6 is 0 Å². The minimum Gasteiger partial charge on any atom is -0.458 e. The Kier molecular flexibility index (Phi) is 6.89. The largest absolute Gasteiger partial charge is 0.458 e. The third kappa shape index (κ3) is 4.95. The van der Waals surface area contributed by atoms with Gasteiger partial charge in [0, 0.05) is 50.8 Å². The summed E-state index contributed by atoms with van der Waals surface area (Å²) in [5, 5.41) is 13.1. The molecule has 2 aromatic heterocycles. The van der Waals surface area contributed by atoms with Crippen LogP contribution in [0.3, 0.4) is 0 Å². The predicted molar refractivity (Wildman–Crippen MR) is 221 cm³/mol. The molecule has 0 fully saturated rings. The van der Waals surface area contributed by atoms with Gasteiger partial charge >= 0.3 is 0 Å². The Morgan fingerprint density at radius 2 is 1.30 bits per heavy atom. The molecule has 0 spiro atoms. The zero-order valence-corrected chi connectivity index (χ0v) is 29.2. The molecule has 6 nitrogen and oxygen atoms in total. The van der Waals surface area contributed by atoms with Crippen molar-refractivity contribution >= 4 is 60.8 Å². The Morgan fingerprint density at radius 1 is 0.593 bits per heavy atom. The van der Waals surface area contributed by atoms with Crippen molar-refractivity contribution in [3.63, 3.8) is 0 Å². The number of furan rings is 1. The van der Waals surface area contributed by atoms with Crippen LogP contribution in [-0.2, 0) is 6.54 Å². The Labute approximate surface area is 311 Å². The second kappa shape index (κ2) is 12.2. The van der Waals surface area contributed by atoms with Crippen molar-refractivity contribution in [1.29, 1.82) is 0 Å². The molecule has 0 bridgehead atoms. The minimum absolute atomic E-state index is 0.333. The summed E-state index contributed by atoms with van der Waals surface area (Å²) < 4.78 is 9.05. The van der Waals surface area contributed by atoms with E-state index >= 15 is 0 Å². The maximum Gasteiger partial charge on any atom is 0.159 e. The SMILES string of the molecule is C1=C(C2=NC(c3ccccc3)=NC(c3ccc(-c4ccccc4)cc3)N2)c2c(oc3cc(-n4c5ccccc5c5cc6ccccc6cc54)ccc23)CN1. The van der Waals surface area contributed by atoms with E-state index in [0.29, 0.717) is 12.4 Å². The molecule has 6 heteroatoms. The number of benzene rings is 7. The molecule has 4 heterocycles. The van der Waals surface area contributed by atoms with Crippen LogP contribution in [0.4, 0.5) is 0 Å². The summed E-state index contributed by atoms with van der Waals surface area (Å²) in [6.07, 6.45) is 1.72. The fraction of sp³-hybridized carbons (Fsp3) is 0.0417. The van der Waals surface area contributed by atoms with Crippen LogP contribution in [0.1, 0.15) is 28.6 Å². The molecule has 2 N–H and O–H groups in total. The fourth-order valence-corrected chi connectivity index (χ4v) is 8.09. The molecule has 2 aliphatic heterocycles. The molecule has 11 rings (SSSR count). The van der Waals surface area contributed by atoms with Gasteiger partial charge in [-0.25, -0.2) is 9.98 Å². The summed E-state index contributed by atoms with van der Waals surface area (Å²) in [5.41, 5.74) is 10.6. The molecule has 0 saturated heterocycles. The van der Waals surface area contributed by atoms with Crippen molar-refractivity contribution in [2.45, 2.75) is 12.7 Å². The Hall–Kier alpha value is -7.18. The zero-order valence-electron chi connectivity index (χ0n) is 29.2. The fourth-order valence-electron chi connectivity index (χ4n) is 8.09. The molecule has 7 aromatic carbocycles. The number of fused-ring (bicyclic) bond motifs is 7. The number of amidine groups is 2. The van der Waals surface area contributed by atoms with Crippen molar-refractivity contribution in [3.05, 3.63) is 192 Å². The van der Waals surface area contributed by atoms with Crippen molar-refractivity contribution in [2.24, 2.45) is 9.98 Å². The van der Waals surface area contributed by atoms with E-state index in [9.17, 15) is 0 Å². The van der Waals surface area contributed by atoms with Crippen LogP contribution < -0.4 is 10.6 Å². The van der Waals surface area contributed by atoms with Gasteiger partial charge < -0.3 is 19.6 Å². The van der Waals surface area contributed by atoms with Crippen molar-refractivity contribution in [1.82, 2.24) is 15.2 Å². The molecule has 54 heavy (non-hydrogen) atoms. The summed E-state index contributed by atoms with van der Waals surface area (Å²) in [6, 6.07) is 57.7. The van der Waals surface area contributed by atoms with Gasteiger partial charge in [0.2, 0.25) is 0 Å². The Bertz CT molecular complexity index is 3010. The molecule has 0 saturated carbocycles. The Balaban J connectivity index is 1.01. The molecule has 1 atom stereocenters. The monoisotopic (exact) mass is 695 g/mol. The molecule has 0 aliphatic carbocycles. The number of rotatable bonds is 5. The van der Waals surface area contributed by atoms with Gasteiger partial charge in [0.25, 0.3) is 0 Å². The van der Waals surface area contributed by atoms with E-state index in [0.717, 1.165) is 56.0 Å². The van der Waals surface area contributed by atoms with Gasteiger partial charge in [-0.2, -0.15) is 0 Å². The van der Waals surface area contributed by atoms with Crippen molar-refractivity contribution in [3.8, 4) is 16.8 Å². The van der Waals surface area contributed by atoms with Gasteiger partial charge in [-0.1, -0.05) is 127 Å². The first-order chi connectivity index (χ1) is 26.7. The van der Waals surface area contributed by atoms with Crippen molar-refractivity contribution in [2.75, 3.05) is 0 Å². The second-order valence-corrected chi connectivity index (χ2v) is 13.9. The van der Waals surface area contributed by atoms with E-state index in [1.54, 1.807) is 0 Å². The van der Waals surface area contributed by atoms with Gasteiger partial charge in [-0.15, -0.1) is 0 Å². The second-order valence-electron chi connectivity index (χ2n) is 13.9. The molecule has 0 amide bonds. The molecular formula is C48H33N5O. The number of nitrogens with one attached hydrogen (secondary N) is 2. The topological polar surface area (TPSA) is 66.8 Å². The quantitative estimate of drug-likeness (QED) is 0.188. The van der Waals surface area contributed by atoms with Crippen LogP contribution in [0.2, 0.25) is 0 Å². The summed E-state index contributed by atoms with van der Waals surface area (Å²) in [6.45, 7) is 0.585. The maximum absolute atomic E-state index is 6.69. The molecule has 2 aliphatic rings. The van der Waals surface area contributed by atoms with E-state index < -0.39 is 0 Å². The number of hydrogen-bond donors (Lipinski definition) is 2.